The molecule has 0 unspecified atom stereocenters. The molecule has 1 aliphatic heterocycles. The van der Waals surface area contributed by atoms with Crippen molar-refractivity contribution in [3.05, 3.63) is 64.7 Å². The molecule has 162 valence electrons. The van der Waals surface area contributed by atoms with E-state index in [0.717, 1.165) is 23.8 Å². The number of sulfone groups is 1. The summed E-state index contributed by atoms with van der Waals surface area (Å²) in [5.74, 6) is -0.792. The second kappa shape index (κ2) is 7.89. The first kappa shape index (κ1) is 22.6. The third-order valence-corrected chi connectivity index (χ3v) is 8.64. The minimum absolute atomic E-state index is 0.00432. The Kier molecular flexibility index (Phi) is 5.95. The molecule has 0 N–H and O–H groups in total. The average molecular weight is 460 g/mol. The number of rotatable bonds is 5. The van der Waals surface area contributed by atoms with Gasteiger partial charge in [0.15, 0.2) is 9.84 Å². The van der Waals surface area contributed by atoms with Gasteiger partial charge < -0.3 is 4.90 Å². The molecule has 0 saturated carbocycles. The van der Waals surface area contributed by atoms with Gasteiger partial charge in [0.2, 0.25) is 5.91 Å². The maximum Gasteiger partial charge on any atom is 0.416 e. The minimum Gasteiger partial charge on any atom is -0.338 e. The molecule has 3 rings (SSSR count). The van der Waals surface area contributed by atoms with E-state index in [2.05, 4.69) is 0 Å². The van der Waals surface area contributed by atoms with Crippen LogP contribution in [-0.4, -0.2) is 30.5 Å². The summed E-state index contributed by atoms with van der Waals surface area (Å²) in [6, 6.07) is 10.8. The molecule has 0 spiro atoms. The van der Waals surface area contributed by atoms with Crippen LogP contribution in [0.15, 0.2) is 53.4 Å². The first-order valence-electron chi connectivity index (χ1n) is 9.27. The van der Waals surface area contributed by atoms with E-state index in [-0.39, 0.29) is 25.4 Å². The van der Waals surface area contributed by atoms with Crippen LogP contribution < -0.4 is 0 Å². The summed E-state index contributed by atoms with van der Waals surface area (Å²) >= 11 is 6.16. The van der Waals surface area contributed by atoms with Crippen LogP contribution in [0, 0.1) is 5.92 Å². The Morgan fingerprint density at radius 2 is 1.77 bits per heavy atom. The van der Waals surface area contributed by atoms with Crippen LogP contribution in [-0.2, 0) is 27.4 Å². The van der Waals surface area contributed by atoms with E-state index in [1.54, 1.807) is 24.3 Å². The van der Waals surface area contributed by atoms with Crippen LogP contribution in [0.25, 0.3) is 0 Å². The highest BCUT2D eigenvalue weighted by atomic mass is 35.5. The highest BCUT2D eigenvalue weighted by Gasteiger charge is 2.48. The standard InChI is InChI=1S/C21H21ClF3NO3S/c1-20(2,30(28,29)17-8-5-7-15(10-17)21(23,24)25)16-11-19(27)26(13-16)12-14-6-3-4-9-18(14)22/h3-10,16H,11-13H2,1-2H3/t16-/m0/s1. The van der Waals surface area contributed by atoms with Crippen molar-refractivity contribution < 1.29 is 26.4 Å². The molecule has 1 aliphatic rings. The van der Waals surface area contributed by atoms with Crippen LogP contribution in [0.4, 0.5) is 13.2 Å². The number of likely N-dealkylation sites (tertiary alicyclic amines) is 1. The van der Waals surface area contributed by atoms with Gasteiger partial charge in [0.25, 0.3) is 0 Å². The van der Waals surface area contributed by atoms with Crippen molar-refractivity contribution in [2.75, 3.05) is 6.54 Å². The van der Waals surface area contributed by atoms with E-state index >= 15 is 0 Å². The largest absolute Gasteiger partial charge is 0.416 e. The summed E-state index contributed by atoms with van der Waals surface area (Å²) in [5.41, 5.74) is -0.283. The predicted octanol–water partition coefficient (Wildman–Crippen LogP) is 4.96. The Bertz CT molecular complexity index is 1070. The first-order chi connectivity index (χ1) is 13.8. The zero-order valence-corrected chi connectivity index (χ0v) is 18.0. The maximum absolute atomic E-state index is 13.2. The van der Waals surface area contributed by atoms with Crippen LogP contribution in [0.2, 0.25) is 5.02 Å². The molecule has 0 bridgehead atoms. The summed E-state index contributed by atoms with van der Waals surface area (Å²) in [7, 11) is -4.14. The topological polar surface area (TPSA) is 54.5 Å². The third-order valence-electron chi connectivity index (χ3n) is 5.68. The fourth-order valence-corrected chi connectivity index (χ4v) is 5.53. The van der Waals surface area contributed by atoms with E-state index in [9.17, 15) is 26.4 Å². The molecule has 0 aromatic heterocycles. The van der Waals surface area contributed by atoms with E-state index in [1.807, 2.05) is 0 Å². The SMILES string of the molecule is CC(C)([C@H]1CC(=O)N(Cc2ccccc2Cl)C1)S(=O)(=O)c1cccc(C(F)(F)F)c1. The fraction of sp³-hybridized carbons (Fsp3) is 0.381. The molecule has 1 heterocycles. The predicted molar refractivity (Wildman–Crippen MR) is 108 cm³/mol. The van der Waals surface area contributed by atoms with Crippen molar-refractivity contribution in [3.8, 4) is 0 Å². The lowest BCUT2D eigenvalue weighted by atomic mass is 9.94. The lowest BCUT2D eigenvalue weighted by Crippen LogP contribution is -2.41. The zero-order chi connectivity index (χ0) is 22.3. The maximum atomic E-state index is 13.2. The van der Waals surface area contributed by atoms with Gasteiger partial charge >= 0.3 is 6.18 Å². The van der Waals surface area contributed by atoms with E-state index in [1.165, 1.54) is 18.7 Å². The molecular weight excluding hydrogens is 439 g/mol. The number of hydrogen-bond donors (Lipinski definition) is 0. The van der Waals surface area contributed by atoms with Gasteiger partial charge in [0, 0.05) is 30.5 Å². The zero-order valence-electron chi connectivity index (χ0n) is 16.4. The highest BCUT2D eigenvalue weighted by molar-refractivity contribution is 7.92. The average Bonchev–Trinajstić information content (AvgIpc) is 3.04. The number of carbonyl (C=O) groups is 1. The van der Waals surface area contributed by atoms with Crippen LogP contribution in [0.3, 0.4) is 0 Å². The van der Waals surface area contributed by atoms with Gasteiger partial charge in [0.05, 0.1) is 15.2 Å². The van der Waals surface area contributed by atoms with E-state index < -0.39 is 37.1 Å². The number of benzene rings is 2. The Morgan fingerprint density at radius 3 is 2.40 bits per heavy atom. The van der Waals surface area contributed by atoms with Gasteiger partial charge in [-0.3, -0.25) is 4.79 Å². The molecular formula is C21H21ClF3NO3S. The normalized spacial score (nSPS) is 18.1. The summed E-state index contributed by atoms with van der Waals surface area (Å²) < 4.78 is 64.1. The highest BCUT2D eigenvalue weighted by Crippen LogP contribution is 2.40. The molecule has 0 aliphatic carbocycles. The molecule has 2 aromatic carbocycles. The second-order valence-corrected chi connectivity index (χ2v) is 10.8. The molecule has 1 fully saturated rings. The molecule has 9 heteroatoms. The first-order valence-corrected chi connectivity index (χ1v) is 11.1. The molecule has 1 atom stereocenters. The number of nitrogens with zero attached hydrogens (tertiary/aromatic N) is 1. The number of amides is 1. The van der Waals surface area contributed by atoms with Crippen molar-refractivity contribution in [1.29, 1.82) is 0 Å². The monoisotopic (exact) mass is 459 g/mol. The Labute approximate surface area is 178 Å². The smallest absolute Gasteiger partial charge is 0.338 e. The van der Waals surface area contributed by atoms with Gasteiger partial charge in [-0.25, -0.2) is 8.42 Å². The van der Waals surface area contributed by atoms with E-state index in [0.29, 0.717) is 11.1 Å². The van der Waals surface area contributed by atoms with Gasteiger partial charge in [0.1, 0.15) is 0 Å². The number of alkyl halides is 3. The fourth-order valence-electron chi connectivity index (χ4n) is 3.59. The van der Waals surface area contributed by atoms with Crippen LogP contribution in [0.5, 0.6) is 0 Å². The van der Waals surface area contributed by atoms with Crippen molar-refractivity contribution in [3.63, 3.8) is 0 Å². The molecule has 0 radical (unpaired) electrons. The van der Waals surface area contributed by atoms with Gasteiger partial charge in [-0.2, -0.15) is 13.2 Å². The molecule has 2 aromatic rings. The number of halogens is 4. The molecule has 4 nitrogen and oxygen atoms in total. The summed E-state index contributed by atoms with van der Waals surface area (Å²) in [5, 5.41) is 0.504. The van der Waals surface area contributed by atoms with Crippen molar-refractivity contribution in [2.45, 2.75) is 42.6 Å². The van der Waals surface area contributed by atoms with Crippen LogP contribution in [0.1, 0.15) is 31.4 Å². The number of hydrogen-bond acceptors (Lipinski definition) is 3. The lowest BCUT2D eigenvalue weighted by molar-refractivity contribution is -0.137. The molecule has 30 heavy (non-hydrogen) atoms. The molecule has 1 amide bonds. The summed E-state index contributed by atoms with van der Waals surface area (Å²) in [6.45, 7) is 3.34. The Hall–Kier alpha value is -2.06. The summed E-state index contributed by atoms with van der Waals surface area (Å²) in [4.78, 5) is 13.7. The third kappa shape index (κ3) is 4.21. The van der Waals surface area contributed by atoms with E-state index in [4.69, 9.17) is 11.6 Å². The van der Waals surface area contributed by atoms with Crippen molar-refractivity contribution in [1.82, 2.24) is 4.90 Å². The quantitative estimate of drug-likeness (QED) is 0.635. The van der Waals surface area contributed by atoms with Gasteiger partial charge in [-0.15, -0.1) is 0 Å². The second-order valence-electron chi connectivity index (χ2n) is 7.90. The van der Waals surface area contributed by atoms with Gasteiger partial charge in [-0.1, -0.05) is 35.9 Å². The number of carbonyl (C=O) groups excluding carboxylic acids is 1. The lowest BCUT2D eigenvalue weighted by Gasteiger charge is -2.31. The van der Waals surface area contributed by atoms with Crippen molar-refractivity contribution in [2.24, 2.45) is 5.92 Å². The Balaban J connectivity index is 1.86. The summed E-state index contributed by atoms with van der Waals surface area (Å²) in [6.07, 6.45) is -4.65. The van der Waals surface area contributed by atoms with Crippen molar-refractivity contribution >= 4 is 27.3 Å². The molecule has 1 saturated heterocycles. The minimum atomic E-state index is -4.65. The van der Waals surface area contributed by atoms with Crippen LogP contribution >= 0.6 is 11.6 Å². The van der Waals surface area contributed by atoms with Gasteiger partial charge in [-0.05, 0) is 43.7 Å². The Morgan fingerprint density at radius 1 is 1.10 bits per heavy atom.